The molecule has 1 atom stereocenters. The molecule has 0 spiro atoms. The SMILES string of the molecule is O=C(N1CCOCC1)N1OC1c1ccccc1. The molecule has 0 aliphatic carbocycles. The van der Waals surface area contributed by atoms with Crippen molar-refractivity contribution in [2.24, 2.45) is 0 Å². The molecule has 1 aromatic rings. The lowest BCUT2D eigenvalue weighted by Crippen LogP contribution is -2.42. The second-order valence-electron chi connectivity index (χ2n) is 4.08. The molecule has 90 valence electrons. The lowest BCUT2D eigenvalue weighted by atomic mass is 10.2. The van der Waals surface area contributed by atoms with Crippen LogP contribution >= 0.6 is 0 Å². The summed E-state index contributed by atoms with van der Waals surface area (Å²) in [5, 5.41) is 1.42. The Morgan fingerprint density at radius 2 is 1.88 bits per heavy atom. The van der Waals surface area contributed by atoms with Gasteiger partial charge in [0.05, 0.1) is 13.2 Å². The monoisotopic (exact) mass is 234 g/mol. The van der Waals surface area contributed by atoms with Crippen molar-refractivity contribution in [3.05, 3.63) is 35.9 Å². The number of nitrogens with zero attached hydrogens (tertiary/aromatic N) is 2. The summed E-state index contributed by atoms with van der Waals surface area (Å²) in [6.07, 6.45) is -0.216. The Morgan fingerprint density at radius 1 is 1.18 bits per heavy atom. The van der Waals surface area contributed by atoms with Crippen molar-refractivity contribution in [2.75, 3.05) is 26.3 Å². The molecule has 0 N–H and O–H groups in total. The first-order chi connectivity index (χ1) is 8.36. The highest BCUT2D eigenvalue weighted by Crippen LogP contribution is 2.37. The first-order valence-corrected chi connectivity index (χ1v) is 5.74. The molecule has 0 aromatic heterocycles. The zero-order valence-corrected chi connectivity index (χ0v) is 9.41. The van der Waals surface area contributed by atoms with Crippen LogP contribution in [0.5, 0.6) is 0 Å². The van der Waals surface area contributed by atoms with Crippen LogP contribution < -0.4 is 0 Å². The molecular weight excluding hydrogens is 220 g/mol. The van der Waals surface area contributed by atoms with Gasteiger partial charge in [-0.3, -0.25) is 0 Å². The molecule has 0 saturated carbocycles. The minimum atomic E-state index is -0.216. The van der Waals surface area contributed by atoms with Crippen molar-refractivity contribution in [1.29, 1.82) is 0 Å². The van der Waals surface area contributed by atoms with Crippen LogP contribution in [-0.4, -0.2) is 42.3 Å². The Bertz CT molecular complexity index is 403. The summed E-state index contributed by atoms with van der Waals surface area (Å²) in [4.78, 5) is 19.1. The van der Waals surface area contributed by atoms with Gasteiger partial charge in [0.1, 0.15) is 0 Å². The Balaban J connectivity index is 1.62. The van der Waals surface area contributed by atoms with Crippen molar-refractivity contribution in [1.82, 2.24) is 9.96 Å². The van der Waals surface area contributed by atoms with E-state index >= 15 is 0 Å². The van der Waals surface area contributed by atoms with E-state index < -0.39 is 0 Å². The molecule has 5 heteroatoms. The van der Waals surface area contributed by atoms with Crippen molar-refractivity contribution >= 4 is 6.03 Å². The number of carbonyl (C=O) groups is 1. The zero-order valence-electron chi connectivity index (χ0n) is 9.41. The van der Waals surface area contributed by atoms with E-state index in [4.69, 9.17) is 9.57 Å². The number of hydrogen-bond acceptors (Lipinski definition) is 3. The first-order valence-electron chi connectivity index (χ1n) is 5.74. The number of hydrogen-bond donors (Lipinski definition) is 0. The van der Waals surface area contributed by atoms with E-state index in [9.17, 15) is 4.79 Å². The molecule has 2 fully saturated rings. The summed E-state index contributed by atoms with van der Waals surface area (Å²) < 4.78 is 5.21. The van der Waals surface area contributed by atoms with Gasteiger partial charge in [-0.25, -0.2) is 9.63 Å². The highest BCUT2D eigenvalue weighted by atomic mass is 16.8. The normalized spacial score (nSPS) is 23.6. The third-order valence-electron chi connectivity index (χ3n) is 2.94. The van der Waals surface area contributed by atoms with E-state index in [1.807, 2.05) is 30.3 Å². The quantitative estimate of drug-likeness (QED) is 0.690. The number of hydroxylamine groups is 2. The summed E-state index contributed by atoms with van der Waals surface area (Å²) in [5.41, 5.74) is 1.01. The van der Waals surface area contributed by atoms with E-state index in [0.29, 0.717) is 26.3 Å². The van der Waals surface area contributed by atoms with Crippen LogP contribution in [0.15, 0.2) is 30.3 Å². The van der Waals surface area contributed by atoms with Crippen molar-refractivity contribution in [2.45, 2.75) is 6.23 Å². The molecule has 0 radical (unpaired) electrons. The maximum Gasteiger partial charge on any atom is 0.347 e. The fraction of sp³-hybridized carbons (Fsp3) is 0.417. The first kappa shape index (κ1) is 10.6. The van der Waals surface area contributed by atoms with E-state index in [1.165, 1.54) is 5.06 Å². The second kappa shape index (κ2) is 4.35. The molecule has 5 nitrogen and oxygen atoms in total. The summed E-state index contributed by atoms with van der Waals surface area (Å²) in [7, 11) is 0. The predicted molar refractivity (Wildman–Crippen MR) is 59.9 cm³/mol. The van der Waals surface area contributed by atoms with Crippen LogP contribution in [0.4, 0.5) is 4.79 Å². The van der Waals surface area contributed by atoms with Crippen LogP contribution in [-0.2, 0) is 9.57 Å². The number of rotatable bonds is 1. The van der Waals surface area contributed by atoms with E-state index in [0.717, 1.165) is 5.56 Å². The Hall–Kier alpha value is -1.59. The van der Waals surface area contributed by atoms with Gasteiger partial charge in [-0.2, -0.15) is 5.06 Å². The van der Waals surface area contributed by atoms with E-state index in [1.54, 1.807) is 4.90 Å². The third-order valence-corrected chi connectivity index (χ3v) is 2.94. The van der Waals surface area contributed by atoms with Crippen LogP contribution in [0.1, 0.15) is 11.8 Å². The molecule has 17 heavy (non-hydrogen) atoms. The smallest absolute Gasteiger partial charge is 0.347 e. The highest BCUT2D eigenvalue weighted by molar-refractivity contribution is 5.75. The largest absolute Gasteiger partial charge is 0.378 e. The Labute approximate surface area is 99.5 Å². The van der Waals surface area contributed by atoms with Gasteiger partial charge in [-0.1, -0.05) is 30.3 Å². The van der Waals surface area contributed by atoms with Gasteiger partial charge in [-0.15, -0.1) is 0 Å². The number of benzene rings is 1. The van der Waals surface area contributed by atoms with E-state index in [2.05, 4.69) is 0 Å². The number of amides is 2. The molecule has 2 heterocycles. The molecule has 2 saturated heterocycles. The van der Waals surface area contributed by atoms with Crippen molar-refractivity contribution in [3.63, 3.8) is 0 Å². The number of morpholine rings is 1. The van der Waals surface area contributed by atoms with Gasteiger partial charge < -0.3 is 9.64 Å². The molecule has 2 amide bonds. The minimum absolute atomic E-state index is 0.0675. The molecule has 1 aromatic carbocycles. The summed E-state index contributed by atoms with van der Waals surface area (Å²) in [6, 6.07) is 9.67. The number of carbonyl (C=O) groups excluding carboxylic acids is 1. The van der Waals surface area contributed by atoms with Crippen molar-refractivity contribution < 1.29 is 14.4 Å². The number of urea groups is 1. The Morgan fingerprint density at radius 3 is 2.59 bits per heavy atom. The van der Waals surface area contributed by atoms with Crippen LogP contribution in [0, 0.1) is 0 Å². The molecular formula is C12H14N2O3. The van der Waals surface area contributed by atoms with E-state index in [-0.39, 0.29) is 12.3 Å². The molecule has 2 aliphatic heterocycles. The third kappa shape index (κ3) is 2.11. The van der Waals surface area contributed by atoms with Crippen LogP contribution in [0.3, 0.4) is 0 Å². The minimum Gasteiger partial charge on any atom is -0.378 e. The summed E-state index contributed by atoms with van der Waals surface area (Å²) >= 11 is 0. The summed E-state index contributed by atoms with van der Waals surface area (Å²) in [6.45, 7) is 2.49. The molecule has 0 bridgehead atoms. The standard InChI is InChI=1S/C12H14N2O3/c15-12(13-6-8-16-9-7-13)14-11(17-14)10-4-2-1-3-5-10/h1-5,11H,6-9H2. The van der Waals surface area contributed by atoms with Gasteiger partial charge >= 0.3 is 6.03 Å². The lowest BCUT2D eigenvalue weighted by molar-refractivity contribution is 0.0413. The van der Waals surface area contributed by atoms with Gasteiger partial charge in [0, 0.05) is 18.7 Å². The fourth-order valence-corrected chi connectivity index (χ4v) is 1.93. The summed E-state index contributed by atoms with van der Waals surface area (Å²) in [5.74, 6) is 0. The van der Waals surface area contributed by atoms with Crippen molar-refractivity contribution in [3.8, 4) is 0 Å². The fourth-order valence-electron chi connectivity index (χ4n) is 1.93. The number of ether oxygens (including phenoxy) is 1. The Kier molecular flexibility index (Phi) is 2.70. The average molecular weight is 234 g/mol. The van der Waals surface area contributed by atoms with Gasteiger partial charge in [0.15, 0.2) is 0 Å². The van der Waals surface area contributed by atoms with Gasteiger partial charge in [0.25, 0.3) is 0 Å². The van der Waals surface area contributed by atoms with Gasteiger partial charge in [-0.05, 0) is 0 Å². The lowest BCUT2D eigenvalue weighted by Gasteiger charge is -2.25. The molecule has 2 aliphatic rings. The topological polar surface area (TPSA) is 45.1 Å². The maximum absolute atomic E-state index is 12.0. The van der Waals surface area contributed by atoms with Gasteiger partial charge in [0.2, 0.25) is 6.23 Å². The zero-order chi connectivity index (χ0) is 11.7. The second-order valence-corrected chi connectivity index (χ2v) is 4.08. The predicted octanol–water partition coefficient (Wildman–Crippen LogP) is 1.38. The maximum atomic E-state index is 12.0. The molecule has 1 unspecified atom stereocenters. The molecule has 3 rings (SSSR count). The van der Waals surface area contributed by atoms with Crippen LogP contribution in [0.25, 0.3) is 0 Å². The van der Waals surface area contributed by atoms with Crippen LogP contribution in [0.2, 0.25) is 0 Å². The highest BCUT2D eigenvalue weighted by Gasteiger charge is 2.44. The average Bonchev–Trinajstić information content (AvgIpc) is 3.20.